The maximum atomic E-state index is 12.6. The molecule has 3 aromatic carbocycles. The minimum atomic E-state index is -0.666. The molecule has 37 heavy (non-hydrogen) atoms. The Morgan fingerprint density at radius 2 is 1.78 bits per heavy atom. The summed E-state index contributed by atoms with van der Waals surface area (Å²) in [5.41, 5.74) is 6.66. The van der Waals surface area contributed by atoms with E-state index < -0.39 is 18.5 Å². The molecule has 0 saturated heterocycles. The van der Waals surface area contributed by atoms with Crippen LogP contribution in [-0.2, 0) is 25.4 Å². The number of carbonyl (C=O) groups is 2. The third-order valence-electron chi connectivity index (χ3n) is 6.34. The van der Waals surface area contributed by atoms with Crippen LogP contribution in [-0.4, -0.2) is 24.3 Å². The highest BCUT2D eigenvalue weighted by atomic mass is 16.7. The summed E-state index contributed by atoms with van der Waals surface area (Å²) in [6, 6.07) is 23.3. The molecule has 1 N–H and O–H groups in total. The Hall–Kier alpha value is -4.43. The Morgan fingerprint density at radius 3 is 2.54 bits per heavy atom. The Balaban J connectivity index is 1.32. The van der Waals surface area contributed by atoms with Crippen molar-refractivity contribution < 1.29 is 28.3 Å². The lowest BCUT2D eigenvalue weighted by Crippen LogP contribution is -2.18. The van der Waals surface area contributed by atoms with Crippen LogP contribution in [0.25, 0.3) is 22.5 Å². The molecule has 0 bridgehead atoms. The molecule has 1 aromatic heterocycles. The number of aromatic nitrogens is 1. The van der Waals surface area contributed by atoms with E-state index in [1.165, 1.54) is 0 Å². The van der Waals surface area contributed by atoms with Crippen molar-refractivity contribution in [1.29, 1.82) is 0 Å². The molecule has 0 aliphatic carbocycles. The van der Waals surface area contributed by atoms with Crippen LogP contribution in [0.4, 0.5) is 10.5 Å². The lowest BCUT2D eigenvalue weighted by molar-refractivity contribution is -0.168. The Labute approximate surface area is 214 Å². The van der Waals surface area contributed by atoms with Crippen LogP contribution in [0.5, 0.6) is 0 Å². The second kappa shape index (κ2) is 10.7. The smallest absolute Gasteiger partial charge is 0.412 e. The zero-order valence-corrected chi connectivity index (χ0v) is 20.5. The van der Waals surface area contributed by atoms with Gasteiger partial charge in [0.15, 0.2) is 5.76 Å². The van der Waals surface area contributed by atoms with E-state index in [2.05, 4.69) is 16.5 Å². The molecule has 2 atom stereocenters. The number of benzene rings is 3. The summed E-state index contributed by atoms with van der Waals surface area (Å²) >= 11 is 0. The van der Waals surface area contributed by atoms with Crippen molar-refractivity contribution in [3.63, 3.8) is 0 Å². The molecule has 8 heteroatoms. The highest BCUT2D eigenvalue weighted by molar-refractivity contribution is 5.91. The molecule has 0 radical (unpaired) electrons. The molecule has 0 fully saturated rings. The quantitative estimate of drug-likeness (QED) is 0.296. The molecule has 0 spiro atoms. The maximum Gasteiger partial charge on any atom is 0.412 e. The van der Waals surface area contributed by atoms with E-state index in [1.807, 2.05) is 73.7 Å². The van der Waals surface area contributed by atoms with Crippen LogP contribution in [0.3, 0.4) is 0 Å². The molecule has 1 amide bonds. The molecule has 8 nitrogen and oxygen atoms in total. The van der Waals surface area contributed by atoms with Crippen LogP contribution in [0.1, 0.15) is 41.7 Å². The fourth-order valence-electron chi connectivity index (χ4n) is 4.37. The number of carbonyl (C=O) groups excluding carboxylic acids is 2. The number of rotatable bonds is 7. The minimum absolute atomic E-state index is 0.407. The van der Waals surface area contributed by atoms with Gasteiger partial charge in [-0.15, -0.1) is 0 Å². The summed E-state index contributed by atoms with van der Waals surface area (Å²) in [4.78, 5) is 23.4. The Morgan fingerprint density at radius 1 is 1.05 bits per heavy atom. The first-order valence-electron chi connectivity index (χ1n) is 12.0. The predicted molar refractivity (Wildman–Crippen MR) is 137 cm³/mol. The van der Waals surface area contributed by atoms with E-state index in [-0.39, 0.29) is 0 Å². The van der Waals surface area contributed by atoms with Gasteiger partial charge in [0, 0.05) is 11.1 Å². The molecule has 1 unspecified atom stereocenters. The number of hydrogen-bond donors (Lipinski definition) is 1. The van der Waals surface area contributed by atoms with E-state index in [9.17, 15) is 9.59 Å². The van der Waals surface area contributed by atoms with Gasteiger partial charge in [0.25, 0.3) is 6.47 Å². The second-order valence-electron chi connectivity index (χ2n) is 8.73. The van der Waals surface area contributed by atoms with Crippen molar-refractivity contribution in [1.82, 2.24) is 5.16 Å². The van der Waals surface area contributed by atoms with Crippen molar-refractivity contribution >= 4 is 18.3 Å². The molecule has 1 aliphatic heterocycles. The molecule has 0 saturated carbocycles. The van der Waals surface area contributed by atoms with E-state index in [0.29, 0.717) is 30.2 Å². The Bertz CT molecular complexity index is 1400. The molecule has 4 aromatic rings. The summed E-state index contributed by atoms with van der Waals surface area (Å²) in [5, 5.41) is 6.83. The summed E-state index contributed by atoms with van der Waals surface area (Å²) in [7, 11) is 0. The maximum absolute atomic E-state index is 12.6. The number of ether oxygens (including phenoxy) is 3. The fraction of sp³-hybridized carbons (Fsp3) is 0.207. The zero-order valence-electron chi connectivity index (χ0n) is 20.5. The molecule has 1 aliphatic rings. The largest absolute Gasteiger partial charge is 0.441 e. The van der Waals surface area contributed by atoms with Gasteiger partial charge in [-0.3, -0.25) is 10.1 Å². The first kappa shape index (κ1) is 24.3. The molecule has 5 rings (SSSR count). The average Bonchev–Trinajstić information content (AvgIpc) is 3.28. The number of nitrogens with zero attached hydrogens (tertiary/aromatic N) is 1. The first-order chi connectivity index (χ1) is 18.0. The highest BCUT2D eigenvalue weighted by Crippen LogP contribution is 2.35. The van der Waals surface area contributed by atoms with Gasteiger partial charge in [-0.05, 0) is 42.5 Å². The summed E-state index contributed by atoms with van der Waals surface area (Å²) < 4.78 is 21.7. The molecule has 188 valence electrons. The highest BCUT2D eigenvalue weighted by Gasteiger charge is 2.23. The third-order valence-corrected chi connectivity index (χ3v) is 6.34. The monoisotopic (exact) mass is 498 g/mol. The van der Waals surface area contributed by atoms with Gasteiger partial charge in [-0.25, -0.2) is 4.79 Å². The van der Waals surface area contributed by atoms with E-state index >= 15 is 0 Å². The number of hydrogen-bond acceptors (Lipinski definition) is 7. The lowest BCUT2D eigenvalue weighted by Gasteiger charge is -2.24. The molecular weight excluding hydrogens is 472 g/mol. The standard InChI is InChI=1S/C29H26N2O6/c1-18-26(30-29(33)36-19(2)20-6-4-3-5-7-20)27(37-31-18)22-10-8-21(9-11-22)23-12-13-25-24(16-23)14-15-34-28(25)35-17-32/h3-13,16-17,19,28H,14-15H2,1-2H3,(H,30,33)/t19-,28?/m1/s1. The SMILES string of the molecule is Cc1noc(-c2ccc(-c3ccc4c(c3)CCOC4OC=O)cc2)c1NC(=O)O[C@H](C)c1ccccc1. The van der Waals surface area contributed by atoms with E-state index in [4.69, 9.17) is 18.7 Å². The van der Waals surface area contributed by atoms with Crippen molar-refractivity contribution in [2.24, 2.45) is 0 Å². The predicted octanol–water partition coefficient (Wildman–Crippen LogP) is 6.37. The van der Waals surface area contributed by atoms with Gasteiger partial charge in [0.2, 0.25) is 6.29 Å². The summed E-state index contributed by atoms with van der Waals surface area (Å²) in [6.45, 7) is 4.47. The van der Waals surface area contributed by atoms with Crippen molar-refractivity contribution in [2.75, 3.05) is 11.9 Å². The van der Waals surface area contributed by atoms with Gasteiger partial charge < -0.3 is 18.7 Å². The summed E-state index contributed by atoms with van der Waals surface area (Å²) in [5.74, 6) is 0.449. The van der Waals surface area contributed by atoms with Crippen LogP contribution >= 0.6 is 0 Å². The van der Waals surface area contributed by atoms with Gasteiger partial charge in [-0.1, -0.05) is 78.0 Å². The van der Waals surface area contributed by atoms with Crippen molar-refractivity contribution in [3.05, 3.63) is 95.2 Å². The fourth-order valence-corrected chi connectivity index (χ4v) is 4.37. The summed E-state index contributed by atoms with van der Waals surface area (Å²) in [6.07, 6.45) is -0.922. The van der Waals surface area contributed by atoms with Gasteiger partial charge in [0.05, 0.1) is 6.61 Å². The van der Waals surface area contributed by atoms with Crippen LogP contribution in [0.2, 0.25) is 0 Å². The normalized spacial score (nSPS) is 15.4. The third kappa shape index (κ3) is 5.24. The van der Waals surface area contributed by atoms with Crippen LogP contribution in [0.15, 0.2) is 77.3 Å². The number of amides is 1. The van der Waals surface area contributed by atoms with Gasteiger partial charge in [0.1, 0.15) is 17.5 Å². The number of anilines is 1. The van der Waals surface area contributed by atoms with E-state index in [0.717, 1.165) is 39.8 Å². The van der Waals surface area contributed by atoms with Gasteiger partial charge >= 0.3 is 6.09 Å². The van der Waals surface area contributed by atoms with Crippen molar-refractivity contribution in [3.8, 4) is 22.5 Å². The van der Waals surface area contributed by atoms with Gasteiger partial charge in [-0.2, -0.15) is 0 Å². The molecule has 2 heterocycles. The first-order valence-corrected chi connectivity index (χ1v) is 12.0. The van der Waals surface area contributed by atoms with Crippen LogP contribution in [0, 0.1) is 6.92 Å². The second-order valence-corrected chi connectivity index (χ2v) is 8.73. The Kier molecular flexibility index (Phi) is 7.00. The zero-order chi connectivity index (χ0) is 25.8. The number of fused-ring (bicyclic) bond motifs is 1. The minimum Gasteiger partial charge on any atom is -0.441 e. The van der Waals surface area contributed by atoms with Crippen LogP contribution < -0.4 is 5.32 Å². The number of nitrogens with one attached hydrogen (secondary N) is 1. The van der Waals surface area contributed by atoms with E-state index in [1.54, 1.807) is 6.92 Å². The lowest BCUT2D eigenvalue weighted by atomic mass is 9.95. The average molecular weight is 499 g/mol. The molecular formula is C29H26N2O6. The number of aryl methyl sites for hydroxylation is 1. The topological polar surface area (TPSA) is 99.9 Å². The van der Waals surface area contributed by atoms with Crippen molar-refractivity contribution in [2.45, 2.75) is 32.7 Å².